The summed E-state index contributed by atoms with van der Waals surface area (Å²) < 4.78 is 7.25. The second kappa shape index (κ2) is 7.44. The summed E-state index contributed by atoms with van der Waals surface area (Å²) in [4.78, 5) is 12.6. The zero-order chi connectivity index (χ0) is 19.6. The first-order valence-electron chi connectivity index (χ1n) is 9.86. The van der Waals surface area contributed by atoms with E-state index in [4.69, 9.17) is 4.74 Å². The summed E-state index contributed by atoms with van der Waals surface area (Å²) in [6.45, 7) is 0.332. The molecule has 1 aromatic heterocycles. The molecule has 3 nitrogen and oxygen atoms in total. The molecule has 4 aromatic rings. The molecule has 0 fully saturated rings. The highest BCUT2D eigenvalue weighted by molar-refractivity contribution is 5.79. The number of hydrogen-bond donors (Lipinski definition) is 0. The number of carbonyl (C=O) groups excluding carboxylic acids is 1. The van der Waals surface area contributed by atoms with E-state index in [1.165, 1.54) is 32.4 Å². The summed E-state index contributed by atoms with van der Waals surface area (Å²) in [6.07, 6.45) is 4.08. The van der Waals surface area contributed by atoms with Crippen LogP contribution in [0.15, 0.2) is 97.3 Å². The van der Waals surface area contributed by atoms with Crippen molar-refractivity contribution in [3.63, 3.8) is 0 Å². The van der Waals surface area contributed by atoms with Gasteiger partial charge in [0.05, 0.1) is 0 Å². The Labute approximate surface area is 170 Å². The first-order chi connectivity index (χ1) is 14.3. The number of benzene rings is 3. The molecule has 1 aliphatic rings. The Morgan fingerprint density at radius 2 is 1.38 bits per heavy atom. The van der Waals surface area contributed by atoms with Crippen LogP contribution in [0.25, 0.3) is 11.1 Å². The molecule has 1 aliphatic carbocycles. The third-order valence-electron chi connectivity index (χ3n) is 5.55. The highest BCUT2D eigenvalue weighted by Crippen LogP contribution is 2.44. The molecule has 0 aliphatic heterocycles. The lowest BCUT2D eigenvalue weighted by Crippen LogP contribution is -2.16. The van der Waals surface area contributed by atoms with Gasteiger partial charge in [-0.25, -0.2) is 4.79 Å². The molecule has 0 saturated heterocycles. The minimum atomic E-state index is -0.342. The zero-order valence-electron chi connectivity index (χ0n) is 16.0. The van der Waals surface area contributed by atoms with E-state index in [1.807, 2.05) is 42.6 Å². The van der Waals surface area contributed by atoms with Gasteiger partial charge in [-0.3, -0.25) is 4.57 Å². The van der Waals surface area contributed by atoms with Crippen molar-refractivity contribution < 1.29 is 9.53 Å². The van der Waals surface area contributed by atoms with Crippen LogP contribution in [-0.4, -0.2) is 17.3 Å². The minimum Gasteiger partial charge on any atom is -0.448 e. The van der Waals surface area contributed by atoms with Crippen molar-refractivity contribution >= 4 is 6.09 Å². The fraction of sp³-hybridized carbons (Fsp3) is 0.115. The molecule has 3 heteroatoms. The number of aromatic nitrogens is 1. The maximum Gasteiger partial charge on any atom is 0.417 e. The monoisotopic (exact) mass is 379 g/mol. The van der Waals surface area contributed by atoms with Crippen LogP contribution >= 0.6 is 0 Å². The Morgan fingerprint density at radius 1 is 0.759 bits per heavy atom. The molecule has 0 unspecified atom stereocenters. The molecule has 0 saturated carbocycles. The summed E-state index contributed by atoms with van der Waals surface area (Å²) >= 11 is 0. The molecule has 0 spiro atoms. The van der Waals surface area contributed by atoms with Crippen molar-refractivity contribution in [3.05, 3.63) is 120 Å². The third kappa shape index (κ3) is 3.36. The Balaban J connectivity index is 1.30. The molecule has 1 heterocycles. The quantitative estimate of drug-likeness (QED) is 0.444. The van der Waals surface area contributed by atoms with E-state index in [9.17, 15) is 4.79 Å². The van der Waals surface area contributed by atoms with Gasteiger partial charge in [-0.15, -0.1) is 0 Å². The van der Waals surface area contributed by atoms with E-state index in [0.717, 1.165) is 12.0 Å². The van der Waals surface area contributed by atoms with E-state index < -0.39 is 0 Å². The number of nitrogens with zero attached hydrogens (tertiary/aromatic N) is 1. The van der Waals surface area contributed by atoms with Gasteiger partial charge in [0.15, 0.2) is 0 Å². The summed E-state index contributed by atoms with van der Waals surface area (Å²) in [5, 5.41) is 0. The second-order valence-corrected chi connectivity index (χ2v) is 7.39. The molecule has 29 heavy (non-hydrogen) atoms. The molecule has 142 valence electrons. The molecule has 0 N–H and O–H groups in total. The van der Waals surface area contributed by atoms with Gasteiger partial charge >= 0.3 is 6.09 Å². The molecule has 0 amide bonds. The van der Waals surface area contributed by atoms with E-state index in [0.29, 0.717) is 6.61 Å². The van der Waals surface area contributed by atoms with Gasteiger partial charge in [-0.1, -0.05) is 78.9 Å². The van der Waals surface area contributed by atoms with Crippen LogP contribution < -0.4 is 0 Å². The van der Waals surface area contributed by atoms with Crippen molar-refractivity contribution in [2.24, 2.45) is 0 Å². The van der Waals surface area contributed by atoms with Crippen LogP contribution in [-0.2, 0) is 11.2 Å². The molecular weight excluding hydrogens is 358 g/mol. The lowest BCUT2D eigenvalue weighted by atomic mass is 9.98. The Morgan fingerprint density at radius 3 is 2.07 bits per heavy atom. The van der Waals surface area contributed by atoms with E-state index in [1.54, 1.807) is 6.20 Å². The standard InChI is InChI=1S/C26H21NO2/c28-26(27-15-14-20(17-27)16-19-8-2-1-3-9-19)29-18-25-23-12-6-4-10-21(23)22-11-5-7-13-24(22)25/h1-15,17,25H,16,18H2. The molecule has 3 aromatic carbocycles. The van der Waals surface area contributed by atoms with Crippen molar-refractivity contribution in [1.29, 1.82) is 0 Å². The Bertz CT molecular complexity index is 1110. The maximum absolute atomic E-state index is 12.6. The maximum atomic E-state index is 12.6. The molecule has 5 rings (SSSR count). The Hall–Kier alpha value is -3.59. The summed E-state index contributed by atoms with van der Waals surface area (Å²) in [7, 11) is 0. The number of fused-ring (bicyclic) bond motifs is 3. The topological polar surface area (TPSA) is 31.2 Å². The predicted molar refractivity (Wildman–Crippen MR) is 114 cm³/mol. The van der Waals surface area contributed by atoms with Crippen LogP contribution in [0, 0.1) is 0 Å². The van der Waals surface area contributed by atoms with Gasteiger partial charge in [-0.2, -0.15) is 0 Å². The van der Waals surface area contributed by atoms with Gasteiger partial charge in [-0.05, 0) is 45.9 Å². The lowest BCUT2D eigenvalue weighted by Gasteiger charge is -2.14. The number of hydrogen-bond acceptors (Lipinski definition) is 2. The van der Waals surface area contributed by atoms with E-state index >= 15 is 0 Å². The van der Waals surface area contributed by atoms with E-state index in [2.05, 4.69) is 48.5 Å². The zero-order valence-corrected chi connectivity index (χ0v) is 16.0. The second-order valence-electron chi connectivity index (χ2n) is 7.39. The third-order valence-corrected chi connectivity index (χ3v) is 5.55. The molecule has 0 radical (unpaired) electrons. The molecule has 0 atom stereocenters. The minimum absolute atomic E-state index is 0.0747. The van der Waals surface area contributed by atoms with Crippen LogP contribution in [0.4, 0.5) is 4.79 Å². The lowest BCUT2D eigenvalue weighted by molar-refractivity contribution is 0.144. The van der Waals surface area contributed by atoms with Crippen molar-refractivity contribution in [3.8, 4) is 11.1 Å². The van der Waals surface area contributed by atoms with Crippen LogP contribution in [0.2, 0.25) is 0 Å². The van der Waals surface area contributed by atoms with Crippen LogP contribution in [0.3, 0.4) is 0 Å². The highest BCUT2D eigenvalue weighted by Gasteiger charge is 2.29. The average molecular weight is 379 g/mol. The van der Waals surface area contributed by atoms with Crippen LogP contribution in [0.1, 0.15) is 28.2 Å². The first-order valence-corrected chi connectivity index (χ1v) is 9.86. The predicted octanol–water partition coefficient (Wildman–Crippen LogP) is 5.88. The van der Waals surface area contributed by atoms with Gasteiger partial charge in [0.25, 0.3) is 0 Å². The van der Waals surface area contributed by atoms with Crippen molar-refractivity contribution in [2.75, 3.05) is 6.61 Å². The van der Waals surface area contributed by atoms with Gasteiger partial charge < -0.3 is 4.74 Å². The fourth-order valence-electron chi connectivity index (χ4n) is 4.16. The van der Waals surface area contributed by atoms with Gasteiger partial charge in [0, 0.05) is 18.3 Å². The van der Waals surface area contributed by atoms with Crippen molar-refractivity contribution in [2.45, 2.75) is 12.3 Å². The average Bonchev–Trinajstić information content (AvgIpc) is 3.36. The smallest absolute Gasteiger partial charge is 0.417 e. The summed E-state index contributed by atoms with van der Waals surface area (Å²) in [5.74, 6) is 0.0747. The highest BCUT2D eigenvalue weighted by atomic mass is 16.5. The summed E-state index contributed by atoms with van der Waals surface area (Å²) in [6, 6.07) is 28.9. The van der Waals surface area contributed by atoms with E-state index in [-0.39, 0.29) is 12.0 Å². The molecule has 0 bridgehead atoms. The Kier molecular flexibility index (Phi) is 4.49. The van der Waals surface area contributed by atoms with Crippen molar-refractivity contribution in [1.82, 2.24) is 4.57 Å². The van der Waals surface area contributed by atoms with Gasteiger partial charge in [0.1, 0.15) is 6.61 Å². The normalized spacial score (nSPS) is 12.4. The fourth-order valence-corrected chi connectivity index (χ4v) is 4.16. The van der Waals surface area contributed by atoms with Crippen LogP contribution in [0.5, 0.6) is 0 Å². The SMILES string of the molecule is O=C(OCC1c2ccccc2-c2ccccc21)n1ccc(Cc2ccccc2)c1. The number of carbonyl (C=O) groups is 1. The molecular formula is C26H21NO2. The largest absolute Gasteiger partial charge is 0.448 e. The number of ether oxygens (including phenoxy) is 1. The number of rotatable bonds is 4. The van der Waals surface area contributed by atoms with Gasteiger partial charge in [0.2, 0.25) is 0 Å². The first kappa shape index (κ1) is 17.5. The summed E-state index contributed by atoms with van der Waals surface area (Å²) in [5.41, 5.74) is 7.21.